The normalized spacial score (nSPS) is 19.3. The van der Waals surface area contributed by atoms with E-state index in [0.717, 1.165) is 35.6 Å². The highest BCUT2D eigenvalue weighted by Crippen LogP contribution is 2.24. The molecular formula is C16H15BrN2O2. The summed E-state index contributed by atoms with van der Waals surface area (Å²) < 4.78 is 12.2. The van der Waals surface area contributed by atoms with Crippen LogP contribution in [0.4, 0.5) is 0 Å². The Kier molecular flexibility index (Phi) is 4.39. The number of hydrogen-bond acceptors (Lipinski definition) is 4. The Morgan fingerprint density at radius 1 is 1.33 bits per heavy atom. The number of benzene rings is 1. The third-order valence-electron chi connectivity index (χ3n) is 3.55. The molecule has 1 aliphatic rings. The minimum Gasteiger partial charge on any atom is -0.453 e. The van der Waals surface area contributed by atoms with Gasteiger partial charge in [-0.1, -0.05) is 12.1 Å². The van der Waals surface area contributed by atoms with Crippen LogP contribution >= 0.6 is 15.9 Å². The first-order valence-electron chi connectivity index (χ1n) is 6.83. The summed E-state index contributed by atoms with van der Waals surface area (Å²) in [6, 6.07) is 13.7. The SMILES string of the molecule is N#Cc1cccc([C@@H]2CN(Cc3ccc(Br)o3)CCO2)c1. The summed E-state index contributed by atoms with van der Waals surface area (Å²) in [7, 11) is 0. The third kappa shape index (κ3) is 3.53. The molecule has 0 radical (unpaired) electrons. The second-order valence-electron chi connectivity index (χ2n) is 5.04. The lowest BCUT2D eigenvalue weighted by Gasteiger charge is -2.32. The number of nitrogens with zero attached hydrogens (tertiary/aromatic N) is 2. The van der Waals surface area contributed by atoms with Gasteiger partial charge in [0.2, 0.25) is 0 Å². The maximum Gasteiger partial charge on any atom is 0.169 e. The van der Waals surface area contributed by atoms with Crippen molar-refractivity contribution in [3.63, 3.8) is 0 Å². The van der Waals surface area contributed by atoms with E-state index in [9.17, 15) is 0 Å². The van der Waals surface area contributed by atoms with Gasteiger partial charge >= 0.3 is 0 Å². The number of halogens is 1. The molecule has 0 spiro atoms. The summed E-state index contributed by atoms with van der Waals surface area (Å²) in [5.74, 6) is 0.938. The van der Waals surface area contributed by atoms with E-state index in [-0.39, 0.29) is 6.10 Å². The number of ether oxygens (including phenoxy) is 1. The Labute approximate surface area is 132 Å². The Morgan fingerprint density at radius 2 is 2.24 bits per heavy atom. The van der Waals surface area contributed by atoms with E-state index in [1.54, 1.807) is 0 Å². The van der Waals surface area contributed by atoms with Crippen molar-refractivity contribution >= 4 is 15.9 Å². The van der Waals surface area contributed by atoms with Crippen LogP contribution in [0.5, 0.6) is 0 Å². The average Bonchev–Trinajstić information content (AvgIpc) is 2.93. The van der Waals surface area contributed by atoms with Crippen molar-refractivity contribution in [1.29, 1.82) is 5.26 Å². The summed E-state index contributed by atoms with van der Waals surface area (Å²) >= 11 is 3.32. The van der Waals surface area contributed by atoms with Crippen LogP contribution in [0.15, 0.2) is 45.5 Å². The zero-order chi connectivity index (χ0) is 14.7. The topological polar surface area (TPSA) is 49.4 Å². The predicted octanol–water partition coefficient (Wildman–Crippen LogP) is 3.49. The molecule has 0 aliphatic carbocycles. The molecule has 0 N–H and O–H groups in total. The molecule has 3 rings (SSSR count). The van der Waals surface area contributed by atoms with Gasteiger partial charge < -0.3 is 9.15 Å². The van der Waals surface area contributed by atoms with E-state index >= 15 is 0 Å². The molecule has 1 saturated heterocycles. The lowest BCUT2D eigenvalue weighted by atomic mass is 10.0. The Morgan fingerprint density at radius 3 is 3.00 bits per heavy atom. The molecule has 1 atom stereocenters. The fraction of sp³-hybridized carbons (Fsp3) is 0.312. The molecule has 108 valence electrons. The van der Waals surface area contributed by atoms with Gasteiger partial charge in [-0.3, -0.25) is 4.90 Å². The first-order chi connectivity index (χ1) is 10.2. The van der Waals surface area contributed by atoms with Crippen molar-refractivity contribution in [2.24, 2.45) is 0 Å². The largest absolute Gasteiger partial charge is 0.453 e. The second-order valence-corrected chi connectivity index (χ2v) is 5.82. The molecule has 5 heteroatoms. The number of nitriles is 1. The maximum atomic E-state index is 8.99. The van der Waals surface area contributed by atoms with E-state index in [2.05, 4.69) is 26.9 Å². The molecule has 0 bridgehead atoms. The van der Waals surface area contributed by atoms with Crippen LogP contribution in [0.25, 0.3) is 0 Å². The number of morpholine rings is 1. The van der Waals surface area contributed by atoms with Crippen LogP contribution in [-0.4, -0.2) is 24.6 Å². The monoisotopic (exact) mass is 346 g/mol. The van der Waals surface area contributed by atoms with Gasteiger partial charge in [0.05, 0.1) is 30.9 Å². The van der Waals surface area contributed by atoms with E-state index in [1.807, 2.05) is 36.4 Å². The molecule has 1 fully saturated rings. The van der Waals surface area contributed by atoms with Gasteiger partial charge in [-0.15, -0.1) is 0 Å². The highest BCUT2D eigenvalue weighted by Gasteiger charge is 2.23. The van der Waals surface area contributed by atoms with Crippen LogP contribution in [0.1, 0.15) is 23.0 Å². The van der Waals surface area contributed by atoms with Crippen molar-refractivity contribution in [2.45, 2.75) is 12.6 Å². The van der Waals surface area contributed by atoms with Gasteiger partial charge in [0.25, 0.3) is 0 Å². The molecular weight excluding hydrogens is 332 g/mol. The van der Waals surface area contributed by atoms with Gasteiger partial charge in [0, 0.05) is 13.1 Å². The summed E-state index contributed by atoms with van der Waals surface area (Å²) in [5, 5.41) is 8.99. The standard InChI is InChI=1S/C16H15BrN2O2/c17-16-5-4-14(21-16)10-19-6-7-20-15(11-19)13-3-1-2-12(8-13)9-18/h1-5,8,15H,6-7,10-11H2/t15-/m0/s1. The highest BCUT2D eigenvalue weighted by atomic mass is 79.9. The summed E-state index contributed by atoms with van der Waals surface area (Å²) in [4.78, 5) is 2.30. The summed E-state index contributed by atoms with van der Waals surface area (Å²) in [6.45, 7) is 3.13. The van der Waals surface area contributed by atoms with Gasteiger partial charge in [-0.25, -0.2) is 0 Å². The second kappa shape index (κ2) is 6.44. The van der Waals surface area contributed by atoms with Crippen LogP contribution < -0.4 is 0 Å². The summed E-state index contributed by atoms with van der Waals surface area (Å²) in [5.41, 5.74) is 1.72. The smallest absolute Gasteiger partial charge is 0.169 e. The molecule has 0 unspecified atom stereocenters. The predicted molar refractivity (Wildman–Crippen MR) is 81.5 cm³/mol. The van der Waals surface area contributed by atoms with Gasteiger partial charge in [0.1, 0.15) is 5.76 Å². The van der Waals surface area contributed by atoms with Gasteiger partial charge in [-0.2, -0.15) is 5.26 Å². The summed E-state index contributed by atoms with van der Waals surface area (Å²) in [6.07, 6.45) is 0.00505. The molecule has 1 aliphatic heterocycles. The highest BCUT2D eigenvalue weighted by molar-refractivity contribution is 9.10. The van der Waals surface area contributed by atoms with Gasteiger partial charge in [0.15, 0.2) is 4.67 Å². The molecule has 1 aromatic carbocycles. The van der Waals surface area contributed by atoms with E-state index < -0.39 is 0 Å². The third-order valence-corrected chi connectivity index (χ3v) is 3.97. The van der Waals surface area contributed by atoms with E-state index in [1.165, 1.54) is 0 Å². The molecule has 1 aromatic heterocycles. The maximum absolute atomic E-state index is 8.99. The minimum atomic E-state index is 0.00505. The lowest BCUT2D eigenvalue weighted by molar-refractivity contribution is -0.0347. The van der Waals surface area contributed by atoms with Crippen LogP contribution in [0.2, 0.25) is 0 Å². The molecule has 21 heavy (non-hydrogen) atoms. The zero-order valence-corrected chi connectivity index (χ0v) is 13.0. The van der Waals surface area contributed by atoms with Crippen molar-refractivity contribution in [3.05, 3.63) is 58.0 Å². The number of hydrogen-bond donors (Lipinski definition) is 0. The van der Waals surface area contributed by atoms with E-state index in [0.29, 0.717) is 12.2 Å². The molecule has 2 aromatic rings. The number of furan rings is 1. The van der Waals surface area contributed by atoms with E-state index in [4.69, 9.17) is 14.4 Å². The molecule has 0 amide bonds. The first kappa shape index (κ1) is 14.3. The average molecular weight is 347 g/mol. The molecule has 0 saturated carbocycles. The van der Waals surface area contributed by atoms with Crippen molar-refractivity contribution in [1.82, 2.24) is 4.90 Å². The first-order valence-corrected chi connectivity index (χ1v) is 7.62. The Balaban J connectivity index is 1.69. The van der Waals surface area contributed by atoms with Gasteiger partial charge in [-0.05, 0) is 45.8 Å². The Bertz CT molecular complexity index is 662. The fourth-order valence-electron chi connectivity index (χ4n) is 2.51. The van der Waals surface area contributed by atoms with Crippen LogP contribution in [0, 0.1) is 11.3 Å². The quantitative estimate of drug-likeness (QED) is 0.853. The zero-order valence-electron chi connectivity index (χ0n) is 11.5. The number of rotatable bonds is 3. The molecule has 4 nitrogen and oxygen atoms in total. The van der Waals surface area contributed by atoms with Crippen molar-refractivity contribution in [3.8, 4) is 6.07 Å². The van der Waals surface area contributed by atoms with Crippen LogP contribution in [0.3, 0.4) is 0 Å². The molecule has 2 heterocycles. The minimum absolute atomic E-state index is 0.00505. The Hall–Kier alpha value is -1.61. The van der Waals surface area contributed by atoms with Crippen molar-refractivity contribution in [2.75, 3.05) is 19.7 Å². The van der Waals surface area contributed by atoms with Crippen LogP contribution in [-0.2, 0) is 11.3 Å². The lowest BCUT2D eigenvalue weighted by Crippen LogP contribution is -2.37. The fourth-order valence-corrected chi connectivity index (χ4v) is 2.85. The van der Waals surface area contributed by atoms with Crippen molar-refractivity contribution < 1.29 is 9.15 Å².